The van der Waals surface area contributed by atoms with Gasteiger partial charge in [0, 0.05) is 40.4 Å². The second-order valence-electron chi connectivity index (χ2n) is 7.48. The summed E-state index contributed by atoms with van der Waals surface area (Å²) in [7, 11) is 0. The molecule has 0 saturated carbocycles. The Morgan fingerprint density at radius 2 is 1.88 bits per heavy atom. The van der Waals surface area contributed by atoms with Gasteiger partial charge in [-0.1, -0.05) is 40.2 Å². The second kappa shape index (κ2) is 10.2. The highest BCUT2D eigenvalue weighted by atomic mass is 79.9. The molecule has 8 heteroatoms. The second-order valence-corrected chi connectivity index (χ2v) is 9.24. The van der Waals surface area contributed by atoms with Crippen LogP contribution in [-0.4, -0.2) is 42.2 Å². The monoisotopic (exact) mass is 519 g/mol. The summed E-state index contributed by atoms with van der Waals surface area (Å²) in [6.45, 7) is 3.40. The largest absolute Gasteiger partial charge is 0.378 e. The Morgan fingerprint density at radius 3 is 2.64 bits per heavy atom. The molecule has 0 aliphatic carbocycles. The third-order valence-electron chi connectivity index (χ3n) is 5.27. The topological polar surface area (TPSA) is 55.0 Å². The minimum Gasteiger partial charge on any atom is -0.378 e. The van der Waals surface area contributed by atoms with Crippen molar-refractivity contribution in [2.24, 2.45) is 10.1 Å². The van der Waals surface area contributed by atoms with Crippen LogP contribution in [0.2, 0.25) is 0 Å². The van der Waals surface area contributed by atoms with Crippen molar-refractivity contribution in [3.8, 4) is 11.3 Å². The van der Waals surface area contributed by atoms with E-state index in [2.05, 4.69) is 67.6 Å². The van der Waals surface area contributed by atoms with Crippen molar-refractivity contribution in [2.75, 3.05) is 31.2 Å². The quantitative estimate of drug-likeness (QED) is 0.335. The maximum atomic E-state index is 5.45. The van der Waals surface area contributed by atoms with E-state index in [0.717, 1.165) is 58.1 Å². The number of thiazole rings is 1. The fourth-order valence-corrected chi connectivity index (χ4v) is 4.84. The molecule has 0 radical (unpaired) electrons. The molecule has 0 N–H and O–H groups in total. The number of hydrogen-bond acceptors (Lipinski definition) is 6. The molecule has 3 heterocycles. The number of rotatable bonds is 5. The first kappa shape index (κ1) is 21.8. The van der Waals surface area contributed by atoms with Crippen LogP contribution >= 0.6 is 27.3 Å². The fourth-order valence-electron chi connectivity index (χ4n) is 3.58. The number of pyridine rings is 1. The van der Waals surface area contributed by atoms with E-state index in [0.29, 0.717) is 0 Å². The lowest BCUT2D eigenvalue weighted by molar-refractivity contribution is 0.122. The average Bonchev–Trinajstić information content (AvgIpc) is 3.26. The standard InChI is InChI=1S/C25H22BrN5OS/c26-21-4-1-3-20(15-21)24-18-33-25(29-22-5-2-10-27-17-22)31(24)28-16-19-6-8-23(9-7-19)30-11-13-32-14-12-30/h1-10,15-18H,11-14H2. The van der Waals surface area contributed by atoms with Crippen molar-refractivity contribution in [3.63, 3.8) is 0 Å². The molecule has 0 spiro atoms. The zero-order valence-corrected chi connectivity index (χ0v) is 20.2. The van der Waals surface area contributed by atoms with Crippen LogP contribution in [0.3, 0.4) is 0 Å². The summed E-state index contributed by atoms with van der Waals surface area (Å²) in [4.78, 5) is 12.1. The Kier molecular flexibility index (Phi) is 6.76. The first-order valence-electron chi connectivity index (χ1n) is 10.6. The van der Waals surface area contributed by atoms with Crippen molar-refractivity contribution < 1.29 is 4.74 Å². The number of ether oxygens (including phenoxy) is 1. The molecule has 0 atom stereocenters. The number of aromatic nitrogens is 2. The van der Waals surface area contributed by atoms with Gasteiger partial charge in [0.05, 0.1) is 37.0 Å². The summed E-state index contributed by atoms with van der Waals surface area (Å²) >= 11 is 5.12. The van der Waals surface area contributed by atoms with Crippen LogP contribution in [0.1, 0.15) is 5.56 Å². The van der Waals surface area contributed by atoms with Gasteiger partial charge in [-0.3, -0.25) is 4.98 Å². The first-order chi connectivity index (χ1) is 16.3. The van der Waals surface area contributed by atoms with E-state index in [1.54, 1.807) is 23.7 Å². The van der Waals surface area contributed by atoms with Crippen LogP contribution in [0.5, 0.6) is 0 Å². The number of anilines is 1. The third kappa shape index (κ3) is 5.30. The van der Waals surface area contributed by atoms with Gasteiger partial charge in [-0.25, -0.2) is 9.67 Å². The molecule has 0 amide bonds. The predicted molar refractivity (Wildman–Crippen MR) is 137 cm³/mol. The Bertz CT molecular complexity index is 1310. The van der Waals surface area contributed by atoms with Crippen molar-refractivity contribution in [1.82, 2.24) is 9.66 Å². The van der Waals surface area contributed by atoms with E-state index < -0.39 is 0 Å². The lowest BCUT2D eigenvalue weighted by atomic mass is 10.2. The molecule has 1 aliphatic rings. The number of benzene rings is 2. The average molecular weight is 520 g/mol. The molecule has 0 bridgehead atoms. The highest BCUT2D eigenvalue weighted by Crippen LogP contribution is 2.24. The van der Waals surface area contributed by atoms with Gasteiger partial charge in [0.25, 0.3) is 0 Å². The van der Waals surface area contributed by atoms with Gasteiger partial charge >= 0.3 is 0 Å². The van der Waals surface area contributed by atoms with Crippen molar-refractivity contribution in [1.29, 1.82) is 0 Å². The highest BCUT2D eigenvalue weighted by Gasteiger charge is 2.11. The van der Waals surface area contributed by atoms with Crippen LogP contribution in [0.4, 0.5) is 11.4 Å². The molecule has 2 aromatic carbocycles. The molecule has 1 fully saturated rings. The number of hydrogen-bond donors (Lipinski definition) is 0. The van der Waals surface area contributed by atoms with E-state index in [9.17, 15) is 0 Å². The zero-order valence-electron chi connectivity index (χ0n) is 17.8. The van der Waals surface area contributed by atoms with E-state index in [1.807, 2.05) is 35.2 Å². The summed E-state index contributed by atoms with van der Waals surface area (Å²) in [5.74, 6) is 0. The zero-order chi connectivity index (χ0) is 22.5. The van der Waals surface area contributed by atoms with Crippen LogP contribution in [0.25, 0.3) is 11.3 Å². The molecule has 2 aromatic heterocycles. The lowest BCUT2D eigenvalue weighted by Gasteiger charge is -2.28. The summed E-state index contributed by atoms with van der Waals surface area (Å²) in [5, 5.41) is 6.90. The van der Waals surface area contributed by atoms with Gasteiger partial charge < -0.3 is 9.64 Å². The summed E-state index contributed by atoms with van der Waals surface area (Å²) in [6.07, 6.45) is 5.36. The summed E-state index contributed by atoms with van der Waals surface area (Å²) in [5.41, 5.74) is 5.07. The molecule has 6 nitrogen and oxygen atoms in total. The molecular formula is C25H22BrN5OS. The molecule has 5 rings (SSSR count). The molecule has 166 valence electrons. The molecule has 4 aromatic rings. The lowest BCUT2D eigenvalue weighted by Crippen LogP contribution is -2.36. The summed E-state index contributed by atoms with van der Waals surface area (Å²) < 4.78 is 8.36. The molecule has 1 aliphatic heterocycles. The van der Waals surface area contributed by atoms with Gasteiger partial charge in [-0.15, -0.1) is 11.3 Å². The Labute approximate surface area is 204 Å². The molecule has 1 saturated heterocycles. The van der Waals surface area contributed by atoms with Crippen LogP contribution in [0.15, 0.2) is 93.0 Å². The molecule has 33 heavy (non-hydrogen) atoms. The first-order valence-corrected chi connectivity index (χ1v) is 12.3. The van der Waals surface area contributed by atoms with Crippen molar-refractivity contribution in [3.05, 3.63) is 93.3 Å². The normalized spacial score (nSPS) is 14.8. The van der Waals surface area contributed by atoms with Crippen LogP contribution in [-0.2, 0) is 4.74 Å². The Balaban J connectivity index is 1.50. The fraction of sp³-hybridized carbons (Fsp3) is 0.160. The number of halogens is 1. The van der Waals surface area contributed by atoms with Gasteiger partial charge in [0.15, 0.2) is 0 Å². The van der Waals surface area contributed by atoms with Crippen molar-refractivity contribution >= 4 is 44.9 Å². The van der Waals surface area contributed by atoms with Gasteiger partial charge in [-0.2, -0.15) is 5.10 Å². The van der Waals surface area contributed by atoms with Crippen molar-refractivity contribution in [2.45, 2.75) is 0 Å². The van der Waals surface area contributed by atoms with E-state index in [4.69, 9.17) is 14.8 Å². The highest BCUT2D eigenvalue weighted by molar-refractivity contribution is 9.10. The van der Waals surface area contributed by atoms with E-state index in [-0.39, 0.29) is 0 Å². The Morgan fingerprint density at radius 1 is 1.03 bits per heavy atom. The van der Waals surface area contributed by atoms with Crippen LogP contribution < -0.4 is 9.70 Å². The maximum absolute atomic E-state index is 5.45. The maximum Gasteiger partial charge on any atom is 0.211 e. The number of nitrogens with zero attached hydrogens (tertiary/aromatic N) is 5. The third-order valence-corrected chi connectivity index (χ3v) is 6.58. The minimum absolute atomic E-state index is 0.777. The minimum atomic E-state index is 0.777. The molecular weight excluding hydrogens is 498 g/mol. The molecule has 0 unspecified atom stereocenters. The smallest absolute Gasteiger partial charge is 0.211 e. The van der Waals surface area contributed by atoms with Crippen LogP contribution in [0, 0.1) is 0 Å². The summed E-state index contributed by atoms with van der Waals surface area (Å²) in [6, 6.07) is 20.5. The van der Waals surface area contributed by atoms with Gasteiger partial charge in [0.2, 0.25) is 4.80 Å². The Hall–Kier alpha value is -3.07. The number of morpholine rings is 1. The van der Waals surface area contributed by atoms with Gasteiger partial charge in [-0.05, 0) is 42.0 Å². The SMILES string of the molecule is Brc1cccc(-c2csc(=Nc3cccnc3)n2N=Cc2ccc(N3CCOCC3)cc2)c1. The van der Waals surface area contributed by atoms with E-state index >= 15 is 0 Å². The van der Waals surface area contributed by atoms with E-state index in [1.165, 1.54) is 5.69 Å². The predicted octanol–water partition coefficient (Wildman–Crippen LogP) is 5.33. The van der Waals surface area contributed by atoms with Gasteiger partial charge in [0.1, 0.15) is 0 Å².